The Morgan fingerprint density at radius 1 is 1.09 bits per heavy atom. The van der Waals surface area contributed by atoms with Crippen LogP contribution in [0.1, 0.15) is 17.5 Å². The monoisotopic (exact) mass is 312 g/mol. The average molecular weight is 312 g/mol. The van der Waals surface area contributed by atoms with Crippen LogP contribution in [0, 0.1) is 5.82 Å². The number of amides is 1. The SMILES string of the molecule is O=C(CCNCCc1ccc(F)cc1)N1CCc2ccccc21. The third kappa shape index (κ3) is 3.96. The number of hydrogen-bond donors (Lipinski definition) is 1. The van der Waals surface area contributed by atoms with Crippen LogP contribution < -0.4 is 10.2 Å². The van der Waals surface area contributed by atoms with Gasteiger partial charge >= 0.3 is 0 Å². The van der Waals surface area contributed by atoms with Crippen molar-refractivity contribution in [3.8, 4) is 0 Å². The minimum atomic E-state index is -0.210. The Labute approximate surface area is 136 Å². The Kier molecular flexibility index (Phi) is 5.03. The Morgan fingerprint density at radius 2 is 1.87 bits per heavy atom. The first kappa shape index (κ1) is 15.7. The lowest BCUT2D eigenvalue weighted by Gasteiger charge is -2.17. The van der Waals surface area contributed by atoms with Gasteiger partial charge in [0.25, 0.3) is 0 Å². The zero-order valence-electron chi connectivity index (χ0n) is 13.1. The summed E-state index contributed by atoms with van der Waals surface area (Å²) in [6.45, 7) is 2.24. The molecular formula is C19H21FN2O. The molecule has 3 nitrogen and oxygen atoms in total. The quantitative estimate of drug-likeness (QED) is 0.832. The molecule has 1 amide bonds. The predicted octanol–water partition coefficient (Wildman–Crippen LogP) is 2.94. The Morgan fingerprint density at radius 3 is 2.70 bits per heavy atom. The Hall–Kier alpha value is -2.20. The van der Waals surface area contributed by atoms with Gasteiger partial charge in [0, 0.05) is 25.2 Å². The van der Waals surface area contributed by atoms with Gasteiger partial charge < -0.3 is 10.2 Å². The molecule has 0 aliphatic carbocycles. The van der Waals surface area contributed by atoms with E-state index in [2.05, 4.69) is 11.4 Å². The highest BCUT2D eigenvalue weighted by atomic mass is 19.1. The first-order chi connectivity index (χ1) is 11.2. The van der Waals surface area contributed by atoms with Crippen LogP contribution in [0.5, 0.6) is 0 Å². The van der Waals surface area contributed by atoms with Crippen molar-refractivity contribution in [3.05, 3.63) is 65.5 Å². The van der Waals surface area contributed by atoms with Crippen molar-refractivity contribution >= 4 is 11.6 Å². The molecule has 23 heavy (non-hydrogen) atoms. The van der Waals surface area contributed by atoms with Crippen LogP contribution in [-0.4, -0.2) is 25.5 Å². The molecule has 0 unspecified atom stereocenters. The van der Waals surface area contributed by atoms with Crippen LogP contribution in [0.15, 0.2) is 48.5 Å². The van der Waals surface area contributed by atoms with Gasteiger partial charge in [-0.15, -0.1) is 0 Å². The maximum atomic E-state index is 12.8. The van der Waals surface area contributed by atoms with E-state index in [0.717, 1.165) is 37.2 Å². The van der Waals surface area contributed by atoms with Crippen molar-refractivity contribution in [3.63, 3.8) is 0 Å². The van der Waals surface area contributed by atoms with Crippen molar-refractivity contribution in [2.75, 3.05) is 24.5 Å². The van der Waals surface area contributed by atoms with Crippen molar-refractivity contribution in [1.82, 2.24) is 5.32 Å². The van der Waals surface area contributed by atoms with Crippen LogP contribution in [0.4, 0.5) is 10.1 Å². The van der Waals surface area contributed by atoms with E-state index in [1.807, 2.05) is 23.1 Å². The fourth-order valence-electron chi connectivity index (χ4n) is 2.94. The number of benzene rings is 2. The zero-order chi connectivity index (χ0) is 16.1. The average Bonchev–Trinajstić information content (AvgIpc) is 3.00. The number of hydrogen-bond acceptors (Lipinski definition) is 2. The van der Waals surface area contributed by atoms with Crippen LogP contribution >= 0.6 is 0 Å². The van der Waals surface area contributed by atoms with E-state index in [1.165, 1.54) is 17.7 Å². The molecule has 1 aliphatic heterocycles. The summed E-state index contributed by atoms with van der Waals surface area (Å²) in [6.07, 6.45) is 2.28. The van der Waals surface area contributed by atoms with Crippen LogP contribution in [0.3, 0.4) is 0 Å². The molecule has 0 spiro atoms. The smallest absolute Gasteiger partial charge is 0.228 e. The number of fused-ring (bicyclic) bond motifs is 1. The molecule has 120 valence electrons. The molecule has 0 saturated heterocycles. The first-order valence-corrected chi connectivity index (χ1v) is 8.07. The van der Waals surface area contributed by atoms with Gasteiger partial charge in [0.2, 0.25) is 5.91 Å². The van der Waals surface area contributed by atoms with Gasteiger partial charge in [-0.2, -0.15) is 0 Å². The molecule has 1 N–H and O–H groups in total. The lowest BCUT2D eigenvalue weighted by Crippen LogP contribution is -2.32. The molecule has 0 bridgehead atoms. The molecule has 1 heterocycles. The number of halogens is 1. The molecule has 4 heteroatoms. The standard InChI is InChI=1S/C19H21FN2O/c20-17-7-5-15(6-8-17)9-12-21-13-10-19(23)22-14-11-16-3-1-2-4-18(16)22/h1-8,21H,9-14H2. The van der Waals surface area contributed by atoms with Gasteiger partial charge in [0.15, 0.2) is 0 Å². The highest BCUT2D eigenvalue weighted by molar-refractivity contribution is 5.95. The second-order valence-corrected chi connectivity index (χ2v) is 5.80. The lowest BCUT2D eigenvalue weighted by atomic mass is 10.1. The molecule has 3 rings (SSSR count). The molecule has 0 fully saturated rings. The van der Waals surface area contributed by atoms with Gasteiger partial charge in [-0.3, -0.25) is 4.79 Å². The first-order valence-electron chi connectivity index (χ1n) is 8.07. The van der Waals surface area contributed by atoms with Crippen molar-refractivity contribution in [2.24, 2.45) is 0 Å². The fraction of sp³-hybridized carbons (Fsp3) is 0.316. The van der Waals surface area contributed by atoms with Crippen LogP contribution in [0.2, 0.25) is 0 Å². The Bertz CT molecular complexity index is 669. The molecule has 1 aliphatic rings. The van der Waals surface area contributed by atoms with Gasteiger partial charge in [0.1, 0.15) is 5.82 Å². The second-order valence-electron chi connectivity index (χ2n) is 5.80. The van der Waals surface area contributed by atoms with Crippen LogP contribution in [0.25, 0.3) is 0 Å². The van der Waals surface area contributed by atoms with E-state index in [1.54, 1.807) is 12.1 Å². The number of carbonyl (C=O) groups is 1. The normalized spacial score (nSPS) is 13.2. The Balaban J connectivity index is 1.39. The summed E-state index contributed by atoms with van der Waals surface area (Å²) in [4.78, 5) is 14.2. The summed E-state index contributed by atoms with van der Waals surface area (Å²) in [5.74, 6) is -0.0394. The van der Waals surface area contributed by atoms with Gasteiger partial charge in [-0.05, 0) is 48.7 Å². The second kappa shape index (κ2) is 7.38. The van der Waals surface area contributed by atoms with E-state index < -0.39 is 0 Å². The van der Waals surface area contributed by atoms with E-state index in [4.69, 9.17) is 0 Å². The van der Waals surface area contributed by atoms with Crippen molar-refractivity contribution in [2.45, 2.75) is 19.3 Å². The molecule has 0 atom stereocenters. The summed E-state index contributed by atoms with van der Waals surface area (Å²) < 4.78 is 12.8. The summed E-state index contributed by atoms with van der Waals surface area (Å²) in [5.41, 5.74) is 3.41. The van der Waals surface area contributed by atoms with Gasteiger partial charge in [-0.25, -0.2) is 4.39 Å². The van der Waals surface area contributed by atoms with E-state index >= 15 is 0 Å². The molecule has 0 aromatic heterocycles. The maximum absolute atomic E-state index is 12.8. The zero-order valence-corrected chi connectivity index (χ0v) is 13.1. The highest BCUT2D eigenvalue weighted by Gasteiger charge is 2.23. The molecule has 0 saturated carbocycles. The molecule has 2 aromatic carbocycles. The summed E-state index contributed by atoms with van der Waals surface area (Å²) in [7, 11) is 0. The summed E-state index contributed by atoms with van der Waals surface area (Å²) in [5, 5.41) is 3.29. The van der Waals surface area contributed by atoms with Crippen molar-refractivity contribution < 1.29 is 9.18 Å². The molecule has 0 radical (unpaired) electrons. The predicted molar refractivity (Wildman–Crippen MR) is 90.1 cm³/mol. The number of carbonyl (C=O) groups excluding carboxylic acids is 1. The van der Waals surface area contributed by atoms with E-state index in [9.17, 15) is 9.18 Å². The number of para-hydroxylation sites is 1. The summed E-state index contributed by atoms with van der Waals surface area (Å²) >= 11 is 0. The number of anilines is 1. The minimum absolute atomic E-state index is 0.171. The number of rotatable bonds is 6. The number of nitrogens with zero attached hydrogens (tertiary/aromatic N) is 1. The molecular weight excluding hydrogens is 291 g/mol. The highest BCUT2D eigenvalue weighted by Crippen LogP contribution is 2.27. The lowest BCUT2D eigenvalue weighted by molar-refractivity contribution is -0.118. The maximum Gasteiger partial charge on any atom is 0.228 e. The number of nitrogens with one attached hydrogen (secondary N) is 1. The van der Waals surface area contributed by atoms with E-state index in [0.29, 0.717) is 13.0 Å². The van der Waals surface area contributed by atoms with Crippen LogP contribution in [-0.2, 0) is 17.6 Å². The minimum Gasteiger partial charge on any atom is -0.316 e. The van der Waals surface area contributed by atoms with Gasteiger partial charge in [-0.1, -0.05) is 30.3 Å². The summed E-state index contributed by atoms with van der Waals surface area (Å²) in [6, 6.07) is 14.6. The van der Waals surface area contributed by atoms with E-state index in [-0.39, 0.29) is 11.7 Å². The molecule has 2 aromatic rings. The topological polar surface area (TPSA) is 32.3 Å². The van der Waals surface area contributed by atoms with Gasteiger partial charge in [0.05, 0.1) is 0 Å². The largest absolute Gasteiger partial charge is 0.316 e. The fourth-order valence-corrected chi connectivity index (χ4v) is 2.94. The van der Waals surface area contributed by atoms with Crippen molar-refractivity contribution in [1.29, 1.82) is 0 Å². The third-order valence-electron chi connectivity index (χ3n) is 4.21. The third-order valence-corrected chi connectivity index (χ3v) is 4.21.